The van der Waals surface area contributed by atoms with E-state index >= 15 is 0 Å². The van der Waals surface area contributed by atoms with Gasteiger partial charge < -0.3 is 4.74 Å². The van der Waals surface area contributed by atoms with Gasteiger partial charge in [0.25, 0.3) is 0 Å². The molecule has 0 aromatic carbocycles. The minimum Gasteiger partial charge on any atom is -0.370 e. The van der Waals surface area contributed by atoms with Crippen LogP contribution in [-0.2, 0) is 15.0 Å². The lowest BCUT2D eigenvalue weighted by molar-refractivity contribution is 0.389. The Morgan fingerprint density at radius 2 is 1.54 bits per heavy atom. The topological polar surface area (TPSA) is 94.2 Å². The van der Waals surface area contributed by atoms with Gasteiger partial charge in [-0.25, -0.2) is 0 Å². The number of nitrogens with zero attached hydrogens (tertiary/aromatic N) is 2. The molecule has 0 radical (unpaired) electrons. The second-order valence-electron chi connectivity index (χ2n) is 2.33. The molecule has 0 bridgehead atoms. The fraction of sp³-hybridized carbons (Fsp3) is 0.571. The van der Waals surface area contributed by atoms with E-state index in [-0.39, 0.29) is 0 Å². The first kappa shape index (κ1) is 11.6. The maximum absolute atomic E-state index is 9.68. The fourth-order valence-corrected chi connectivity index (χ4v) is 0.542. The first-order chi connectivity index (χ1) is 6.02. The largest absolute Gasteiger partial charge is 0.370 e. The predicted molar refractivity (Wildman–Crippen MR) is 45.2 cm³/mol. The zero-order valence-corrected chi connectivity index (χ0v) is 8.00. The van der Waals surface area contributed by atoms with Crippen molar-refractivity contribution in [3.8, 4) is 12.1 Å². The van der Waals surface area contributed by atoms with Gasteiger partial charge in [0.05, 0.1) is 12.2 Å². The molecule has 0 saturated carbocycles. The summed E-state index contributed by atoms with van der Waals surface area (Å²) < 4.78 is 24.3. The Morgan fingerprint density at radius 3 is 1.54 bits per heavy atom. The molecule has 0 N–H and O–H groups in total. The van der Waals surface area contributed by atoms with Crippen molar-refractivity contribution in [1.29, 1.82) is 10.5 Å². The molecular weight excluding hydrogens is 192 g/mol. The molecule has 2 unspecified atom stereocenters. The molecule has 5 nitrogen and oxygen atoms in total. The van der Waals surface area contributed by atoms with E-state index in [0.29, 0.717) is 12.2 Å². The summed E-state index contributed by atoms with van der Waals surface area (Å²) in [7, 11) is -2.66. The predicted octanol–water partition coefficient (Wildman–Crippen LogP) is -0.121. The van der Waals surface area contributed by atoms with Crippen LogP contribution in [0.2, 0.25) is 0 Å². The summed E-state index contributed by atoms with van der Waals surface area (Å²) in [6.07, 6.45) is 1.10. The summed E-state index contributed by atoms with van der Waals surface area (Å²) in [5.74, 6) is 0. The van der Waals surface area contributed by atoms with E-state index in [1.165, 1.54) is 12.1 Å². The highest BCUT2D eigenvalue weighted by molar-refractivity contribution is 7.74. The molecule has 0 aromatic heterocycles. The minimum atomic E-state index is -2.66. The zero-order chi connectivity index (χ0) is 10.4. The van der Waals surface area contributed by atoms with Crippen LogP contribution in [0.15, 0.2) is 0 Å². The van der Waals surface area contributed by atoms with Gasteiger partial charge in [-0.3, -0.25) is 0 Å². The van der Waals surface area contributed by atoms with Gasteiger partial charge in [-0.2, -0.15) is 18.9 Å². The normalized spacial score (nSPS) is 22.8. The van der Waals surface area contributed by atoms with Crippen molar-refractivity contribution >= 4 is 15.2 Å². The van der Waals surface area contributed by atoms with Crippen LogP contribution in [0.1, 0.15) is 13.8 Å². The van der Waals surface area contributed by atoms with E-state index in [0.717, 1.165) is 0 Å². The fourth-order valence-electron chi connectivity index (χ4n) is 0.393. The molecule has 1 aliphatic rings. The molecule has 1 rings (SSSR count). The average Bonchev–Trinajstić information content (AvgIpc) is 2.67. The molecule has 1 saturated heterocycles. The molecule has 0 amide bonds. The van der Waals surface area contributed by atoms with Crippen molar-refractivity contribution < 1.29 is 13.2 Å². The van der Waals surface area contributed by atoms with Gasteiger partial charge in [0.15, 0.2) is 0 Å². The third-order valence-corrected chi connectivity index (χ3v) is 1.90. The molecule has 13 heavy (non-hydrogen) atoms. The second-order valence-corrected chi connectivity index (χ2v) is 3.21. The third kappa shape index (κ3) is 4.96. The number of epoxide rings is 1. The van der Waals surface area contributed by atoms with Crippen LogP contribution in [0.4, 0.5) is 0 Å². The highest BCUT2D eigenvalue weighted by Gasteiger charge is 2.27. The minimum absolute atomic E-state index is 0.551. The van der Waals surface area contributed by atoms with E-state index in [2.05, 4.69) is 13.8 Å². The zero-order valence-electron chi connectivity index (χ0n) is 7.18. The van der Waals surface area contributed by atoms with Gasteiger partial charge in [0.2, 0.25) is 15.2 Å². The molecule has 2 atom stereocenters. The van der Waals surface area contributed by atoms with Crippen molar-refractivity contribution in [2.24, 2.45) is 0 Å². The number of hydrogen-bond acceptors (Lipinski definition) is 5. The SMILES string of the molecule is CC1OC1C.N#CC(C#N)=S(=O)=O. The van der Waals surface area contributed by atoms with Crippen molar-refractivity contribution in [2.75, 3.05) is 0 Å². The number of hydrogen-bond donors (Lipinski definition) is 0. The molecule has 0 spiro atoms. The summed E-state index contributed by atoms with van der Waals surface area (Å²) in [6, 6.07) is 2.39. The average molecular weight is 200 g/mol. The molecule has 70 valence electrons. The quantitative estimate of drug-likeness (QED) is 0.401. The molecule has 1 fully saturated rings. The van der Waals surface area contributed by atoms with E-state index in [4.69, 9.17) is 15.3 Å². The first-order valence-electron chi connectivity index (χ1n) is 3.44. The molecular formula is C7H8N2O3S. The van der Waals surface area contributed by atoms with Crippen molar-refractivity contribution in [3.63, 3.8) is 0 Å². The van der Waals surface area contributed by atoms with Crippen LogP contribution < -0.4 is 0 Å². The van der Waals surface area contributed by atoms with Crippen LogP contribution in [-0.4, -0.2) is 25.5 Å². The Hall–Kier alpha value is -1.37. The maximum Gasteiger partial charge on any atom is 0.248 e. The first-order valence-corrected chi connectivity index (χ1v) is 4.52. The summed E-state index contributed by atoms with van der Waals surface area (Å²) in [5, 5.41) is 15.6. The van der Waals surface area contributed by atoms with Gasteiger partial charge in [-0.1, -0.05) is 0 Å². The van der Waals surface area contributed by atoms with E-state index in [1.54, 1.807) is 0 Å². The number of ether oxygens (including phenoxy) is 1. The molecule has 1 heterocycles. The molecule has 1 aliphatic heterocycles. The van der Waals surface area contributed by atoms with Gasteiger partial charge >= 0.3 is 0 Å². The van der Waals surface area contributed by atoms with Gasteiger partial charge in [-0.15, -0.1) is 0 Å². The Balaban J connectivity index is 0.000000243. The highest BCUT2D eigenvalue weighted by Crippen LogP contribution is 2.18. The number of nitriles is 2. The number of rotatable bonds is 0. The van der Waals surface area contributed by atoms with Gasteiger partial charge in [-0.05, 0) is 13.8 Å². The van der Waals surface area contributed by atoms with Gasteiger partial charge in [0.1, 0.15) is 12.1 Å². The monoisotopic (exact) mass is 200 g/mol. The smallest absolute Gasteiger partial charge is 0.248 e. The Kier molecular flexibility index (Phi) is 4.75. The van der Waals surface area contributed by atoms with E-state index < -0.39 is 15.2 Å². The highest BCUT2D eigenvalue weighted by atomic mass is 32.2. The Bertz CT molecular complexity index is 355. The van der Waals surface area contributed by atoms with Crippen molar-refractivity contribution in [1.82, 2.24) is 0 Å². The Labute approximate surface area is 77.7 Å². The van der Waals surface area contributed by atoms with Crippen LogP contribution >= 0.6 is 0 Å². The summed E-state index contributed by atoms with van der Waals surface area (Å²) in [6.45, 7) is 4.15. The van der Waals surface area contributed by atoms with Crippen LogP contribution in [0, 0.1) is 22.7 Å². The molecule has 0 aromatic rings. The summed E-state index contributed by atoms with van der Waals surface area (Å²) in [5.41, 5.74) is 0. The van der Waals surface area contributed by atoms with Crippen LogP contribution in [0.5, 0.6) is 0 Å². The summed E-state index contributed by atoms with van der Waals surface area (Å²) in [4.78, 5) is -0.787. The van der Waals surface area contributed by atoms with Crippen LogP contribution in [0.25, 0.3) is 0 Å². The lowest BCUT2D eigenvalue weighted by atomic mass is 10.4. The van der Waals surface area contributed by atoms with E-state index in [1.807, 2.05) is 0 Å². The van der Waals surface area contributed by atoms with E-state index in [9.17, 15) is 8.42 Å². The van der Waals surface area contributed by atoms with Crippen molar-refractivity contribution in [2.45, 2.75) is 26.1 Å². The maximum atomic E-state index is 9.68. The lowest BCUT2D eigenvalue weighted by Gasteiger charge is -1.57. The molecule has 6 heteroatoms. The third-order valence-electron chi connectivity index (χ3n) is 1.38. The van der Waals surface area contributed by atoms with Crippen molar-refractivity contribution in [3.05, 3.63) is 0 Å². The Morgan fingerprint density at radius 1 is 1.23 bits per heavy atom. The standard InChI is InChI=1S/C4H8O.C3N2O2S/c1-3-4(2)5-3;4-1-3(2-5)8(6)7/h3-4H,1-2H3;. The lowest BCUT2D eigenvalue weighted by Crippen LogP contribution is -1.87. The summed E-state index contributed by atoms with van der Waals surface area (Å²) >= 11 is 0. The second kappa shape index (κ2) is 5.31. The van der Waals surface area contributed by atoms with Crippen LogP contribution in [0.3, 0.4) is 0 Å². The molecule has 0 aliphatic carbocycles. The van der Waals surface area contributed by atoms with Gasteiger partial charge in [0, 0.05) is 0 Å².